The maximum atomic E-state index is 10.6. The molecule has 0 radical (unpaired) electrons. The van der Waals surface area contributed by atoms with Gasteiger partial charge in [0.15, 0.2) is 0 Å². The smallest absolute Gasteiger partial charge is 0.233 e. The SMILES string of the molecule is CC(C)(c1nc(O)c2c(-c3ccccc3)coc2n1)C1CCCCC1. The Morgan fingerprint density at radius 3 is 2.48 bits per heavy atom. The standard InChI is InChI=1S/C21H24N2O2/c1-21(2,15-11-7-4-8-12-15)20-22-18(24)17-16(13-25-19(17)23-20)14-9-5-3-6-10-14/h3,5-6,9-10,13,15H,4,7-8,11-12H2,1-2H3,(H,22,23,24). The highest BCUT2D eigenvalue weighted by atomic mass is 16.3. The van der Waals surface area contributed by atoms with E-state index in [0.717, 1.165) is 11.1 Å². The molecule has 0 amide bonds. The molecule has 0 unspecified atom stereocenters. The van der Waals surface area contributed by atoms with Crippen LogP contribution in [0.25, 0.3) is 22.2 Å². The highest BCUT2D eigenvalue weighted by Gasteiger charge is 2.36. The molecule has 2 aromatic heterocycles. The summed E-state index contributed by atoms with van der Waals surface area (Å²) in [5.41, 5.74) is 2.10. The Labute approximate surface area is 147 Å². The molecule has 2 heterocycles. The summed E-state index contributed by atoms with van der Waals surface area (Å²) in [4.78, 5) is 9.18. The van der Waals surface area contributed by atoms with E-state index in [0.29, 0.717) is 22.8 Å². The molecule has 0 spiro atoms. The summed E-state index contributed by atoms with van der Waals surface area (Å²) in [5.74, 6) is 1.23. The monoisotopic (exact) mass is 336 g/mol. The van der Waals surface area contributed by atoms with E-state index >= 15 is 0 Å². The molecule has 25 heavy (non-hydrogen) atoms. The Balaban J connectivity index is 1.78. The lowest BCUT2D eigenvalue weighted by molar-refractivity contribution is 0.225. The minimum atomic E-state index is -0.175. The largest absolute Gasteiger partial charge is 0.493 e. The zero-order valence-corrected chi connectivity index (χ0v) is 14.8. The first kappa shape index (κ1) is 16.1. The van der Waals surface area contributed by atoms with Crippen molar-refractivity contribution in [3.63, 3.8) is 0 Å². The second kappa shape index (κ2) is 6.17. The third-order valence-electron chi connectivity index (χ3n) is 5.70. The second-order valence-corrected chi connectivity index (χ2v) is 7.62. The molecule has 0 aliphatic heterocycles. The maximum absolute atomic E-state index is 10.6. The minimum Gasteiger partial charge on any atom is -0.493 e. The van der Waals surface area contributed by atoms with E-state index in [1.54, 1.807) is 6.26 Å². The summed E-state index contributed by atoms with van der Waals surface area (Å²) in [5, 5.41) is 11.2. The molecule has 1 aliphatic carbocycles. The fourth-order valence-corrected chi connectivity index (χ4v) is 4.05. The van der Waals surface area contributed by atoms with Gasteiger partial charge in [-0.15, -0.1) is 0 Å². The number of rotatable bonds is 3. The Morgan fingerprint density at radius 1 is 1.04 bits per heavy atom. The predicted octanol–water partition coefficient (Wildman–Crippen LogP) is 5.45. The van der Waals surface area contributed by atoms with Gasteiger partial charge in [0, 0.05) is 11.0 Å². The van der Waals surface area contributed by atoms with Crippen LogP contribution in [-0.2, 0) is 5.41 Å². The topological polar surface area (TPSA) is 59.2 Å². The number of nitrogens with zero attached hydrogens (tertiary/aromatic N) is 2. The van der Waals surface area contributed by atoms with Gasteiger partial charge >= 0.3 is 0 Å². The second-order valence-electron chi connectivity index (χ2n) is 7.62. The molecule has 4 nitrogen and oxygen atoms in total. The molecular weight excluding hydrogens is 312 g/mol. The quantitative estimate of drug-likeness (QED) is 0.690. The molecule has 0 bridgehead atoms. The van der Waals surface area contributed by atoms with Gasteiger partial charge in [-0.2, -0.15) is 9.97 Å². The van der Waals surface area contributed by atoms with Gasteiger partial charge in [-0.1, -0.05) is 63.4 Å². The van der Waals surface area contributed by atoms with Crippen molar-refractivity contribution in [1.29, 1.82) is 0 Å². The first-order valence-electron chi connectivity index (χ1n) is 9.11. The summed E-state index contributed by atoms with van der Waals surface area (Å²) in [6, 6.07) is 9.87. The lowest BCUT2D eigenvalue weighted by atomic mass is 9.70. The van der Waals surface area contributed by atoms with Crippen molar-refractivity contribution in [3.8, 4) is 17.0 Å². The zero-order chi connectivity index (χ0) is 17.4. The maximum Gasteiger partial charge on any atom is 0.233 e. The number of hydrogen-bond acceptors (Lipinski definition) is 4. The van der Waals surface area contributed by atoms with Gasteiger partial charge in [0.1, 0.15) is 17.5 Å². The van der Waals surface area contributed by atoms with Crippen molar-refractivity contribution in [2.24, 2.45) is 5.92 Å². The van der Waals surface area contributed by atoms with E-state index in [2.05, 4.69) is 18.8 Å². The first-order valence-corrected chi connectivity index (χ1v) is 9.11. The van der Waals surface area contributed by atoms with Crippen LogP contribution in [0, 0.1) is 5.92 Å². The van der Waals surface area contributed by atoms with E-state index in [1.807, 2.05) is 30.3 Å². The molecule has 1 fully saturated rings. The van der Waals surface area contributed by atoms with Gasteiger partial charge in [-0.25, -0.2) is 0 Å². The van der Waals surface area contributed by atoms with E-state index in [4.69, 9.17) is 9.40 Å². The van der Waals surface area contributed by atoms with Crippen molar-refractivity contribution in [3.05, 3.63) is 42.4 Å². The average Bonchev–Trinajstić information content (AvgIpc) is 3.08. The van der Waals surface area contributed by atoms with Crippen LogP contribution >= 0.6 is 0 Å². The van der Waals surface area contributed by atoms with Crippen LogP contribution in [0.3, 0.4) is 0 Å². The predicted molar refractivity (Wildman–Crippen MR) is 98.5 cm³/mol. The first-order chi connectivity index (χ1) is 12.1. The van der Waals surface area contributed by atoms with E-state index < -0.39 is 0 Å². The van der Waals surface area contributed by atoms with Crippen molar-refractivity contribution in [2.45, 2.75) is 51.4 Å². The van der Waals surface area contributed by atoms with Crippen LogP contribution < -0.4 is 0 Å². The highest BCUT2D eigenvalue weighted by molar-refractivity contribution is 5.95. The van der Waals surface area contributed by atoms with E-state index in [1.165, 1.54) is 32.1 Å². The molecule has 1 N–H and O–H groups in total. The molecule has 1 aromatic carbocycles. The van der Waals surface area contributed by atoms with E-state index in [-0.39, 0.29) is 11.3 Å². The van der Waals surface area contributed by atoms with Gasteiger partial charge in [0.05, 0.1) is 0 Å². The fraction of sp³-hybridized carbons (Fsp3) is 0.429. The lowest BCUT2D eigenvalue weighted by Gasteiger charge is -2.35. The van der Waals surface area contributed by atoms with Crippen molar-refractivity contribution in [2.75, 3.05) is 0 Å². The van der Waals surface area contributed by atoms with Crippen molar-refractivity contribution in [1.82, 2.24) is 9.97 Å². The van der Waals surface area contributed by atoms with Crippen LogP contribution in [0.15, 0.2) is 41.0 Å². The van der Waals surface area contributed by atoms with Crippen LogP contribution in [0.4, 0.5) is 0 Å². The van der Waals surface area contributed by atoms with Crippen LogP contribution in [0.5, 0.6) is 5.88 Å². The summed E-state index contributed by atoms with van der Waals surface area (Å²) < 4.78 is 5.70. The van der Waals surface area contributed by atoms with Crippen LogP contribution in [-0.4, -0.2) is 15.1 Å². The number of aromatic hydroxyl groups is 1. The zero-order valence-electron chi connectivity index (χ0n) is 14.8. The molecule has 0 saturated heterocycles. The average molecular weight is 336 g/mol. The van der Waals surface area contributed by atoms with Crippen molar-refractivity contribution >= 4 is 11.1 Å². The summed E-state index contributed by atoms with van der Waals surface area (Å²) in [7, 11) is 0. The van der Waals surface area contributed by atoms with E-state index in [9.17, 15) is 5.11 Å². The molecule has 130 valence electrons. The molecule has 3 aromatic rings. The highest BCUT2D eigenvalue weighted by Crippen LogP contribution is 2.42. The summed E-state index contributed by atoms with van der Waals surface area (Å²) >= 11 is 0. The molecule has 0 atom stereocenters. The number of fused-ring (bicyclic) bond motifs is 1. The number of aromatic nitrogens is 2. The Bertz CT molecular complexity index is 878. The summed E-state index contributed by atoms with van der Waals surface area (Å²) in [6.07, 6.45) is 7.90. The third-order valence-corrected chi connectivity index (χ3v) is 5.70. The summed E-state index contributed by atoms with van der Waals surface area (Å²) in [6.45, 7) is 4.37. The molecule has 4 heteroatoms. The molecule has 4 rings (SSSR count). The number of benzene rings is 1. The minimum absolute atomic E-state index is 0.0106. The van der Waals surface area contributed by atoms with Gasteiger partial charge in [-0.3, -0.25) is 0 Å². The van der Waals surface area contributed by atoms with Crippen LogP contribution in [0.2, 0.25) is 0 Å². The Morgan fingerprint density at radius 2 is 1.76 bits per heavy atom. The number of hydrogen-bond donors (Lipinski definition) is 1. The Kier molecular flexibility index (Phi) is 3.98. The van der Waals surface area contributed by atoms with Crippen molar-refractivity contribution < 1.29 is 9.52 Å². The third kappa shape index (κ3) is 2.80. The normalized spacial score (nSPS) is 16.4. The van der Waals surface area contributed by atoms with Gasteiger partial charge in [0.2, 0.25) is 11.6 Å². The van der Waals surface area contributed by atoms with Crippen LogP contribution in [0.1, 0.15) is 51.8 Å². The lowest BCUT2D eigenvalue weighted by Crippen LogP contribution is -2.32. The van der Waals surface area contributed by atoms with Gasteiger partial charge < -0.3 is 9.52 Å². The molecule has 1 saturated carbocycles. The molecular formula is C21H24N2O2. The van der Waals surface area contributed by atoms with Gasteiger partial charge in [-0.05, 0) is 24.3 Å². The fourth-order valence-electron chi connectivity index (χ4n) is 4.05. The molecule has 1 aliphatic rings. The Hall–Kier alpha value is -2.36. The number of furan rings is 1. The van der Waals surface area contributed by atoms with Gasteiger partial charge in [0.25, 0.3) is 0 Å².